The Morgan fingerprint density at radius 3 is 2.79 bits per heavy atom. The Morgan fingerprint density at radius 2 is 1.92 bits per heavy atom. The van der Waals surface area contributed by atoms with E-state index in [9.17, 15) is 4.79 Å². The number of carbonyl (C=O) groups excluding carboxylic acids is 1. The van der Waals surface area contributed by atoms with Crippen molar-refractivity contribution < 1.29 is 9.53 Å². The molecule has 0 saturated carbocycles. The molecule has 2 aromatic carbocycles. The number of hydrogen-bond acceptors (Lipinski definition) is 4. The highest BCUT2D eigenvalue weighted by Crippen LogP contribution is 2.33. The SMILES string of the molecule is O=C(Nc1scnc1-c1ccccc1)[C@@H]1OCCc2ccccc21. The smallest absolute Gasteiger partial charge is 0.258 e. The number of nitrogens with one attached hydrogen (secondary N) is 1. The minimum Gasteiger partial charge on any atom is -0.363 e. The predicted molar refractivity (Wildman–Crippen MR) is 95.0 cm³/mol. The highest BCUT2D eigenvalue weighted by atomic mass is 32.1. The Labute approximate surface area is 144 Å². The Morgan fingerprint density at radius 1 is 1.12 bits per heavy atom. The molecule has 0 radical (unpaired) electrons. The number of rotatable bonds is 3. The van der Waals surface area contributed by atoms with E-state index in [1.165, 1.54) is 16.9 Å². The van der Waals surface area contributed by atoms with Crippen LogP contribution in [0.5, 0.6) is 0 Å². The zero-order chi connectivity index (χ0) is 16.4. The van der Waals surface area contributed by atoms with Crippen LogP contribution in [0, 0.1) is 0 Å². The van der Waals surface area contributed by atoms with Gasteiger partial charge in [-0.05, 0) is 17.5 Å². The van der Waals surface area contributed by atoms with Gasteiger partial charge in [-0.15, -0.1) is 11.3 Å². The number of anilines is 1. The van der Waals surface area contributed by atoms with Crippen LogP contribution < -0.4 is 5.32 Å². The summed E-state index contributed by atoms with van der Waals surface area (Å²) in [7, 11) is 0. The number of aromatic nitrogens is 1. The molecule has 1 aliphatic heterocycles. The van der Waals surface area contributed by atoms with Crippen molar-refractivity contribution in [3.63, 3.8) is 0 Å². The van der Waals surface area contributed by atoms with Gasteiger partial charge in [-0.1, -0.05) is 54.6 Å². The van der Waals surface area contributed by atoms with Gasteiger partial charge in [0.1, 0.15) is 10.7 Å². The maximum absolute atomic E-state index is 12.8. The second-order valence-corrected chi connectivity index (χ2v) is 6.44. The standard InChI is InChI=1S/C19H16N2O2S/c22-18(17-15-9-5-4-6-13(15)10-11-23-17)21-19-16(20-12-24-19)14-7-2-1-3-8-14/h1-9,12,17H,10-11H2,(H,21,22)/t17-/m1/s1. The second kappa shape index (κ2) is 6.55. The molecule has 0 fully saturated rings. The molecule has 4 nitrogen and oxygen atoms in total. The molecule has 0 saturated heterocycles. The van der Waals surface area contributed by atoms with Crippen molar-refractivity contribution in [3.8, 4) is 11.3 Å². The third-order valence-corrected chi connectivity index (χ3v) is 4.82. The molecule has 5 heteroatoms. The van der Waals surface area contributed by atoms with E-state index in [2.05, 4.69) is 16.4 Å². The molecule has 0 spiro atoms. The Hall–Kier alpha value is -2.50. The van der Waals surface area contributed by atoms with E-state index < -0.39 is 6.10 Å². The number of ether oxygens (including phenoxy) is 1. The predicted octanol–water partition coefficient (Wildman–Crippen LogP) is 4.06. The van der Waals surface area contributed by atoms with Crippen LogP contribution in [-0.4, -0.2) is 17.5 Å². The number of thiazole rings is 1. The first-order valence-electron chi connectivity index (χ1n) is 7.82. The average molecular weight is 336 g/mol. The van der Waals surface area contributed by atoms with E-state index in [1.54, 1.807) is 5.51 Å². The van der Waals surface area contributed by atoms with Gasteiger partial charge in [-0.3, -0.25) is 4.79 Å². The summed E-state index contributed by atoms with van der Waals surface area (Å²) in [5, 5.41) is 3.74. The van der Waals surface area contributed by atoms with Crippen molar-refractivity contribution in [1.29, 1.82) is 0 Å². The third kappa shape index (κ3) is 2.84. The van der Waals surface area contributed by atoms with E-state index in [0.29, 0.717) is 6.61 Å². The minimum atomic E-state index is -0.569. The normalized spacial score (nSPS) is 16.4. The van der Waals surface area contributed by atoms with Crippen molar-refractivity contribution in [2.75, 3.05) is 11.9 Å². The van der Waals surface area contributed by atoms with Crippen LogP contribution in [-0.2, 0) is 16.0 Å². The van der Waals surface area contributed by atoms with Crippen molar-refractivity contribution in [3.05, 3.63) is 71.2 Å². The van der Waals surface area contributed by atoms with Crippen LogP contribution in [0.15, 0.2) is 60.1 Å². The topological polar surface area (TPSA) is 51.2 Å². The summed E-state index contributed by atoms with van der Waals surface area (Å²) >= 11 is 1.42. The highest BCUT2D eigenvalue weighted by Gasteiger charge is 2.28. The summed E-state index contributed by atoms with van der Waals surface area (Å²) in [6.45, 7) is 0.559. The van der Waals surface area contributed by atoms with Crippen molar-refractivity contribution in [2.24, 2.45) is 0 Å². The van der Waals surface area contributed by atoms with Gasteiger partial charge in [0.2, 0.25) is 0 Å². The van der Waals surface area contributed by atoms with Gasteiger partial charge >= 0.3 is 0 Å². The van der Waals surface area contributed by atoms with Crippen LogP contribution in [0.25, 0.3) is 11.3 Å². The molecule has 0 bridgehead atoms. The fourth-order valence-electron chi connectivity index (χ4n) is 2.93. The first-order chi connectivity index (χ1) is 11.8. The first-order valence-corrected chi connectivity index (χ1v) is 8.70. The third-order valence-electron chi connectivity index (χ3n) is 4.08. The molecule has 1 atom stereocenters. The Balaban J connectivity index is 1.60. The molecular formula is C19H16N2O2S. The van der Waals surface area contributed by atoms with Crippen LogP contribution in [0.2, 0.25) is 0 Å². The Bertz CT molecular complexity index is 861. The maximum Gasteiger partial charge on any atom is 0.258 e. The average Bonchev–Trinajstić information content (AvgIpc) is 3.10. The van der Waals surface area contributed by atoms with Gasteiger partial charge in [0.15, 0.2) is 6.10 Å². The lowest BCUT2D eigenvalue weighted by atomic mass is 9.97. The van der Waals surface area contributed by atoms with E-state index in [0.717, 1.165) is 28.2 Å². The second-order valence-electron chi connectivity index (χ2n) is 5.59. The lowest BCUT2D eigenvalue weighted by Crippen LogP contribution is -2.28. The highest BCUT2D eigenvalue weighted by molar-refractivity contribution is 7.14. The van der Waals surface area contributed by atoms with Gasteiger partial charge in [0.25, 0.3) is 5.91 Å². The minimum absolute atomic E-state index is 0.149. The molecule has 0 unspecified atom stereocenters. The molecule has 4 rings (SSSR count). The molecule has 24 heavy (non-hydrogen) atoms. The summed E-state index contributed by atoms with van der Waals surface area (Å²) in [5.41, 5.74) is 5.65. The zero-order valence-electron chi connectivity index (χ0n) is 12.9. The number of nitrogens with zero attached hydrogens (tertiary/aromatic N) is 1. The molecule has 1 amide bonds. The van der Waals surface area contributed by atoms with Crippen molar-refractivity contribution >= 4 is 22.2 Å². The molecule has 120 valence electrons. The van der Waals surface area contributed by atoms with Crippen LogP contribution in [0.4, 0.5) is 5.00 Å². The largest absolute Gasteiger partial charge is 0.363 e. The molecule has 0 aliphatic carbocycles. The Kier molecular flexibility index (Phi) is 4.11. The number of amides is 1. The summed E-state index contributed by atoms with van der Waals surface area (Å²) in [4.78, 5) is 17.1. The molecule has 1 aliphatic rings. The summed E-state index contributed by atoms with van der Waals surface area (Å²) in [6, 6.07) is 17.8. The first kappa shape index (κ1) is 15.1. The van der Waals surface area contributed by atoms with Crippen LogP contribution in [0.1, 0.15) is 17.2 Å². The van der Waals surface area contributed by atoms with Gasteiger partial charge in [0, 0.05) is 5.56 Å². The summed E-state index contributed by atoms with van der Waals surface area (Å²) < 4.78 is 5.73. The van der Waals surface area contributed by atoms with E-state index in [-0.39, 0.29) is 5.91 Å². The summed E-state index contributed by atoms with van der Waals surface area (Å²) in [5.74, 6) is -0.149. The monoisotopic (exact) mass is 336 g/mol. The van der Waals surface area contributed by atoms with Gasteiger partial charge in [0.05, 0.1) is 12.1 Å². The summed E-state index contributed by atoms with van der Waals surface area (Å²) in [6.07, 6.45) is 0.274. The van der Waals surface area contributed by atoms with E-state index >= 15 is 0 Å². The quantitative estimate of drug-likeness (QED) is 0.784. The molecule has 1 aromatic heterocycles. The van der Waals surface area contributed by atoms with Gasteiger partial charge < -0.3 is 10.1 Å². The number of benzene rings is 2. The molecule has 3 aromatic rings. The molecule has 1 N–H and O–H groups in total. The van der Waals surface area contributed by atoms with Crippen LogP contribution >= 0.6 is 11.3 Å². The van der Waals surface area contributed by atoms with Crippen molar-refractivity contribution in [2.45, 2.75) is 12.5 Å². The van der Waals surface area contributed by atoms with E-state index in [4.69, 9.17) is 4.74 Å². The fourth-order valence-corrected chi connectivity index (χ4v) is 3.63. The number of fused-ring (bicyclic) bond motifs is 1. The van der Waals surface area contributed by atoms with Crippen LogP contribution in [0.3, 0.4) is 0 Å². The lowest BCUT2D eigenvalue weighted by molar-refractivity contribution is -0.128. The molecule has 2 heterocycles. The molecular weight excluding hydrogens is 320 g/mol. The lowest BCUT2D eigenvalue weighted by Gasteiger charge is -2.25. The van der Waals surface area contributed by atoms with E-state index in [1.807, 2.05) is 48.5 Å². The fraction of sp³-hybridized carbons (Fsp3) is 0.158. The van der Waals surface area contributed by atoms with Gasteiger partial charge in [-0.25, -0.2) is 4.98 Å². The number of carbonyl (C=O) groups is 1. The van der Waals surface area contributed by atoms with Gasteiger partial charge in [-0.2, -0.15) is 0 Å². The number of hydrogen-bond donors (Lipinski definition) is 1. The maximum atomic E-state index is 12.8. The zero-order valence-corrected chi connectivity index (χ0v) is 13.8. The van der Waals surface area contributed by atoms with Crippen molar-refractivity contribution in [1.82, 2.24) is 4.98 Å².